The number of hydrogen-bond donors (Lipinski definition) is 2. The molecule has 1 aliphatic heterocycles. The smallest absolute Gasteiger partial charge is 0.211 e. The van der Waals surface area contributed by atoms with Gasteiger partial charge in [-0.3, -0.25) is 4.99 Å². The summed E-state index contributed by atoms with van der Waals surface area (Å²) in [6.45, 7) is 7.55. The molecule has 8 heteroatoms. The topological polar surface area (TPSA) is 73.8 Å². The van der Waals surface area contributed by atoms with Crippen LogP contribution in [-0.2, 0) is 10.0 Å². The molecule has 1 saturated heterocycles. The lowest BCUT2D eigenvalue weighted by Gasteiger charge is -2.30. The molecule has 0 bridgehead atoms. The van der Waals surface area contributed by atoms with E-state index in [1.807, 2.05) is 0 Å². The van der Waals surface area contributed by atoms with E-state index in [1.165, 1.54) is 31.9 Å². The maximum atomic E-state index is 11.5. The van der Waals surface area contributed by atoms with Crippen molar-refractivity contribution in [3.63, 3.8) is 0 Å². The van der Waals surface area contributed by atoms with E-state index < -0.39 is 10.0 Å². The molecule has 0 radical (unpaired) electrons. The van der Waals surface area contributed by atoms with Crippen LogP contribution in [0.25, 0.3) is 0 Å². The zero-order valence-corrected chi connectivity index (χ0v) is 19.4. The highest BCUT2D eigenvalue weighted by Gasteiger charge is 2.24. The summed E-state index contributed by atoms with van der Waals surface area (Å²) in [5, 5.41) is 6.83. The average molecular weight is 488 g/mol. The first-order valence-electron chi connectivity index (χ1n) is 9.30. The SMILES string of the molecule is CCCCC(CC)CNC(=NC)NCC1CCN(S(C)(=O)=O)CC1.I. The fourth-order valence-electron chi connectivity index (χ4n) is 3.09. The molecular formula is C17H37IN4O2S. The van der Waals surface area contributed by atoms with E-state index in [2.05, 4.69) is 29.5 Å². The predicted octanol–water partition coefficient (Wildman–Crippen LogP) is 2.66. The quantitative estimate of drug-likeness (QED) is 0.297. The molecule has 0 amide bonds. The van der Waals surface area contributed by atoms with Crippen molar-refractivity contribution >= 4 is 40.0 Å². The molecule has 6 nitrogen and oxygen atoms in total. The van der Waals surface area contributed by atoms with E-state index in [0.29, 0.717) is 24.9 Å². The van der Waals surface area contributed by atoms with Gasteiger partial charge in [0.05, 0.1) is 6.26 Å². The number of nitrogens with zero attached hydrogens (tertiary/aromatic N) is 2. The van der Waals surface area contributed by atoms with E-state index in [9.17, 15) is 8.42 Å². The summed E-state index contributed by atoms with van der Waals surface area (Å²) in [5.41, 5.74) is 0. The number of nitrogens with one attached hydrogen (secondary N) is 2. The van der Waals surface area contributed by atoms with Crippen molar-refractivity contribution < 1.29 is 8.42 Å². The molecule has 1 aliphatic rings. The van der Waals surface area contributed by atoms with Crippen LogP contribution >= 0.6 is 24.0 Å². The first kappa shape index (κ1) is 24.9. The minimum Gasteiger partial charge on any atom is -0.356 e. The Kier molecular flexibility index (Phi) is 13.1. The number of unbranched alkanes of at least 4 members (excludes halogenated alkanes) is 1. The summed E-state index contributed by atoms with van der Waals surface area (Å²) in [7, 11) is -1.24. The highest BCUT2D eigenvalue weighted by molar-refractivity contribution is 14.0. The fraction of sp³-hybridized carbons (Fsp3) is 0.941. The summed E-state index contributed by atoms with van der Waals surface area (Å²) >= 11 is 0. The van der Waals surface area contributed by atoms with Crippen molar-refractivity contribution in [2.75, 3.05) is 39.5 Å². The van der Waals surface area contributed by atoms with Crippen LogP contribution < -0.4 is 10.6 Å². The Morgan fingerprint density at radius 3 is 2.36 bits per heavy atom. The van der Waals surface area contributed by atoms with Gasteiger partial charge in [0.2, 0.25) is 10.0 Å². The van der Waals surface area contributed by atoms with Crippen LogP contribution in [0, 0.1) is 11.8 Å². The van der Waals surface area contributed by atoms with Gasteiger partial charge in [0, 0.05) is 33.2 Å². The summed E-state index contributed by atoms with van der Waals surface area (Å²) in [6.07, 6.45) is 8.09. The Morgan fingerprint density at radius 2 is 1.88 bits per heavy atom. The van der Waals surface area contributed by atoms with Gasteiger partial charge in [-0.2, -0.15) is 0 Å². The first-order chi connectivity index (χ1) is 11.4. The monoisotopic (exact) mass is 488 g/mol. The standard InChI is InChI=1S/C17H36N4O2S.HI/c1-5-7-8-15(6-2)13-19-17(18-3)20-14-16-9-11-21(12-10-16)24(4,22)23;/h15-16H,5-14H2,1-4H3,(H2,18,19,20);1H. The number of piperidine rings is 1. The Bertz CT molecular complexity index is 477. The van der Waals surface area contributed by atoms with Crippen molar-refractivity contribution in [2.24, 2.45) is 16.8 Å². The molecule has 0 spiro atoms. The van der Waals surface area contributed by atoms with E-state index in [4.69, 9.17) is 0 Å². The number of rotatable bonds is 9. The molecule has 1 heterocycles. The highest BCUT2D eigenvalue weighted by atomic mass is 127. The summed E-state index contributed by atoms with van der Waals surface area (Å²) < 4.78 is 24.7. The van der Waals surface area contributed by atoms with Gasteiger partial charge < -0.3 is 10.6 Å². The molecule has 1 fully saturated rings. The minimum atomic E-state index is -3.04. The first-order valence-corrected chi connectivity index (χ1v) is 11.1. The van der Waals surface area contributed by atoms with Crippen molar-refractivity contribution in [1.82, 2.24) is 14.9 Å². The Hall–Kier alpha value is -0.0900. The van der Waals surface area contributed by atoms with Crippen LogP contribution in [0.2, 0.25) is 0 Å². The lowest BCUT2D eigenvalue weighted by atomic mass is 9.98. The zero-order valence-electron chi connectivity index (χ0n) is 16.3. The van der Waals surface area contributed by atoms with Gasteiger partial charge in [-0.25, -0.2) is 12.7 Å². The van der Waals surface area contributed by atoms with Gasteiger partial charge in [0.25, 0.3) is 0 Å². The van der Waals surface area contributed by atoms with E-state index in [1.54, 1.807) is 11.4 Å². The van der Waals surface area contributed by atoms with Crippen LogP contribution in [0.5, 0.6) is 0 Å². The number of guanidine groups is 1. The third kappa shape index (κ3) is 9.98. The molecule has 0 aromatic rings. The molecule has 1 rings (SSSR count). The normalized spacial score (nSPS) is 18.5. The number of hydrogen-bond acceptors (Lipinski definition) is 3. The molecule has 1 unspecified atom stereocenters. The summed E-state index contributed by atoms with van der Waals surface area (Å²) in [4.78, 5) is 4.30. The molecule has 0 aromatic heterocycles. The van der Waals surface area contributed by atoms with Crippen molar-refractivity contribution in [3.8, 4) is 0 Å². The Morgan fingerprint density at radius 1 is 1.24 bits per heavy atom. The second-order valence-electron chi connectivity index (χ2n) is 6.86. The largest absolute Gasteiger partial charge is 0.356 e. The van der Waals surface area contributed by atoms with Gasteiger partial charge in [-0.15, -0.1) is 24.0 Å². The van der Waals surface area contributed by atoms with Crippen LogP contribution in [0.4, 0.5) is 0 Å². The lowest BCUT2D eigenvalue weighted by molar-refractivity contribution is 0.274. The van der Waals surface area contributed by atoms with E-state index in [0.717, 1.165) is 31.9 Å². The molecule has 2 N–H and O–H groups in total. The van der Waals surface area contributed by atoms with Crippen molar-refractivity contribution in [1.29, 1.82) is 0 Å². The molecule has 150 valence electrons. The molecule has 0 saturated carbocycles. The van der Waals surface area contributed by atoms with Crippen molar-refractivity contribution in [2.45, 2.75) is 52.4 Å². The third-order valence-electron chi connectivity index (χ3n) is 4.93. The molecule has 1 atom stereocenters. The highest BCUT2D eigenvalue weighted by Crippen LogP contribution is 2.18. The minimum absolute atomic E-state index is 0. The number of sulfonamides is 1. The van der Waals surface area contributed by atoms with Crippen LogP contribution in [-0.4, -0.2) is 58.2 Å². The molecule has 0 aromatic carbocycles. The number of aliphatic imine (C=N–C) groups is 1. The van der Waals surface area contributed by atoms with Gasteiger partial charge >= 0.3 is 0 Å². The van der Waals surface area contributed by atoms with Crippen LogP contribution in [0.15, 0.2) is 4.99 Å². The maximum absolute atomic E-state index is 11.5. The fourth-order valence-corrected chi connectivity index (χ4v) is 3.97. The Balaban J connectivity index is 0.00000576. The third-order valence-corrected chi connectivity index (χ3v) is 6.23. The van der Waals surface area contributed by atoms with Crippen LogP contribution in [0.3, 0.4) is 0 Å². The predicted molar refractivity (Wildman–Crippen MR) is 117 cm³/mol. The number of halogens is 1. The molecule has 0 aliphatic carbocycles. The molecular weight excluding hydrogens is 451 g/mol. The van der Waals surface area contributed by atoms with Gasteiger partial charge in [0.15, 0.2) is 5.96 Å². The lowest BCUT2D eigenvalue weighted by Crippen LogP contribution is -2.44. The Labute approximate surface area is 171 Å². The van der Waals surface area contributed by atoms with Gasteiger partial charge in [0.1, 0.15) is 0 Å². The summed E-state index contributed by atoms with van der Waals surface area (Å²) in [5.74, 6) is 2.06. The average Bonchev–Trinajstić information content (AvgIpc) is 2.57. The zero-order chi connectivity index (χ0) is 18.0. The maximum Gasteiger partial charge on any atom is 0.211 e. The summed E-state index contributed by atoms with van der Waals surface area (Å²) in [6, 6.07) is 0. The van der Waals surface area contributed by atoms with E-state index >= 15 is 0 Å². The van der Waals surface area contributed by atoms with Gasteiger partial charge in [-0.05, 0) is 31.1 Å². The molecule has 25 heavy (non-hydrogen) atoms. The second kappa shape index (κ2) is 13.1. The van der Waals surface area contributed by atoms with Gasteiger partial charge in [-0.1, -0.05) is 33.1 Å². The van der Waals surface area contributed by atoms with Crippen molar-refractivity contribution in [3.05, 3.63) is 0 Å². The second-order valence-corrected chi connectivity index (χ2v) is 8.84. The van der Waals surface area contributed by atoms with E-state index in [-0.39, 0.29) is 24.0 Å². The van der Waals surface area contributed by atoms with Crippen LogP contribution in [0.1, 0.15) is 52.4 Å².